The summed E-state index contributed by atoms with van der Waals surface area (Å²) >= 11 is 0. The van der Waals surface area contributed by atoms with Crippen LogP contribution in [0.4, 0.5) is 0 Å². The minimum atomic E-state index is -1.50. The third-order valence-corrected chi connectivity index (χ3v) is 12.6. The molecule has 0 aromatic carbocycles. The van der Waals surface area contributed by atoms with E-state index in [0.717, 1.165) is 0 Å². The fraction of sp³-hybridized carbons (Fsp3) is 0.814. The molecule has 334 valence electrons. The van der Waals surface area contributed by atoms with Gasteiger partial charge in [-0.15, -0.1) is 0 Å². The molecule has 3 fully saturated rings. The lowest BCUT2D eigenvalue weighted by Crippen LogP contribution is -2.53. The second kappa shape index (κ2) is 18.6. The summed E-state index contributed by atoms with van der Waals surface area (Å²) in [4.78, 5) is 104. The molecule has 0 radical (unpaired) electrons. The van der Waals surface area contributed by atoms with Crippen molar-refractivity contribution in [3.8, 4) is 0 Å². The predicted octanol–water partition coefficient (Wildman–Crippen LogP) is 5.23. The zero-order valence-corrected chi connectivity index (χ0v) is 37.2. The Hall–Kier alpha value is -4.24. The Balaban J connectivity index is 1.99. The maximum atomic E-state index is 14.6. The second-order valence-electron chi connectivity index (χ2n) is 20.4. The number of carbonyl (C=O) groups excluding carboxylic acids is 8. The first kappa shape index (κ1) is 49.1. The van der Waals surface area contributed by atoms with Crippen molar-refractivity contribution in [2.24, 2.45) is 44.3 Å². The quantitative estimate of drug-likeness (QED) is 0.128. The van der Waals surface area contributed by atoms with E-state index in [1.807, 2.05) is 69.2 Å². The van der Waals surface area contributed by atoms with Gasteiger partial charge in [-0.05, 0) is 53.3 Å². The number of hydrogen-bond donors (Lipinski definition) is 0. The van der Waals surface area contributed by atoms with E-state index in [9.17, 15) is 38.4 Å². The summed E-state index contributed by atoms with van der Waals surface area (Å²) < 4.78 is 42.1. The summed E-state index contributed by atoms with van der Waals surface area (Å²) in [6.45, 7) is 23.1. The molecule has 16 nitrogen and oxygen atoms in total. The molecule has 0 N–H and O–H groups in total. The van der Waals surface area contributed by atoms with Crippen molar-refractivity contribution in [1.29, 1.82) is 0 Å². The van der Waals surface area contributed by atoms with E-state index < -0.39 is 118 Å². The second-order valence-corrected chi connectivity index (χ2v) is 20.4. The van der Waals surface area contributed by atoms with Crippen molar-refractivity contribution in [1.82, 2.24) is 0 Å². The molecule has 0 aromatic heterocycles. The number of hydrogen-bond acceptors (Lipinski definition) is 16. The lowest BCUT2D eigenvalue weighted by molar-refractivity contribution is -0.183. The van der Waals surface area contributed by atoms with Crippen molar-refractivity contribution in [2.75, 3.05) is 33.0 Å². The molecule has 3 aliphatic heterocycles. The van der Waals surface area contributed by atoms with Crippen LogP contribution >= 0.6 is 0 Å². The molecule has 0 bridgehead atoms. The van der Waals surface area contributed by atoms with Crippen molar-refractivity contribution in [3.05, 3.63) is 0 Å². The first-order valence-electron chi connectivity index (χ1n) is 20.3. The lowest BCUT2D eigenvalue weighted by atomic mass is 9.50. The monoisotopic (exact) mass is 838 g/mol. The van der Waals surface area contributed by atoms with Gasteiger partial charge in [-0.2, -0.15) is 0 Å². The molecule has 3 rings (SSSR count). The molecule has 0 spiro atoms. The standard InChI is InChI=1S/C43H66O16/c1-38(2,3)20-26(33(47)59-29-16-19-54-36(29)50)42(11,12)41(9,10)24-43(13,37(51)56-23-31(45)58-28-15-18-53-35(28)49)40(7,8)21-25(39(4,5)6)32(46)55-22-30(44)57-27-14-17-52-34(27)48/h25-29H,14-24H2,1-13H3. The van der Waals surface area contributed by atoms with Crippen LogP contribution in [0.2, 0.25) is 0 Å². The van der Waals surface area contributed by atoms with Gasteiger partial charge in [0.15, 0.2) is 13.2 Å². The number of cyclic esters (lactones) is 3. The van der Waals surface area contributed by atoms with Crippen LogP contribution in [0.15, 0.2) is 0 Å². The van der Waals surface area contributed by atoms with Crippen LogP contribution < -0.4 is 0 Å². The maximum absolute atomic E-state index is 14.6. The molecule has 3 saturated heterocycles. The van der Waals surface area contributed by atoms with Gasteiger partial charge in [0.2, 0.25) is 18.3 Å². The molecular weight excluding hydrogens is 772 g/mol. The Kier molecular flexibility index (Phi) is 15.5. The first-order chi connectivity index (χ1) is 26.9. The van der Waals surface area contributed by atoms with Gasteiger partial charge in [0.05, 0.1) is 37.1 Å². The predicted molar refractivity (Wildman–Crippen MR) is 207 cm³/mol. The Morgan fingerprint density at radius 2 is 0.983 bits per heavy atom. The summed E-state index contributed by atoms with van der Waals surface area (Å²) in [6, 6.07) is 0. The van der Waals surface area contributed by atoms with Gasteiger partial charge in [-0.3, -0.25) is 14.4 Å². The molecule has 16 heteroatoms. The Bertz CT molecular complexity index is 1610. The van der Waals surface area contributed by atoms with Gasteiger partial charge in [0.25, 0.3) is 0 Å². The molecule has 0 amide bonds. The van der Waals surface area contributed by atoms with Crippen molar-refractivity contribution in [3.63, 3.8) is 0 Å². The van der Waals surface area contributed by atoms with Crippen molar-refractivity contribution in [2.45, 2.75) is 147 Å². The van der Waals surface area contributed by atoms with E-state index in [1.54, 1.807) is 20.8 Å². The molecule has 3 aliphatic rings. The maximum Gasteiger partial charge on any atom is 0.347 e. The molecule has 6 unspecified atom stereocenters. The van der Waals surface area contributed by atoms with Crippen LogP contribution in [0.3, 0.4) is 0 Å². The first-order valence-corrected chi connectivity index (χ1v) is 20.3. The molecule has 3 heterocycles. The summed E-state index contributed by atoms with van der Waals surface area (Å²) in [6.07, 6.45) is -2.17. The van der Waals surface area contributed by atoms with Crippen LogP contribution in [0.1, 0.15) is 129 Å². The van der Waals surface area contributed by atoms with E-state index in [0.29, 0.717) is 6.42 Å². The highest BCUT2D eigenvalue weighted by molar-refractivity contribution is 5.85. The third-order valence-electron chi connectivity index (χ3n) is 12.6. The van der Waals surface area contributed by atoms with Gasteiger partial charge in [-0.1, -0.05) is 83.1 Å². The lowest BCUT2D eigenvalue weighted by Gasteiger charge is -2.54. The summed E-state index contributed by atoms with van der Waals surface area (Å²) in [7, 11) is 0. The minimum Gasteiger partial charge on any atom is -0.463 e. The van der Waals surface area contributed by atoms with Crippen molar-refractivity contribution >= 4 is 47.8 Å². The van der Waals surface area contributed by atoms with E-state index in [2.05, 4.69) is 0 Å². The summed E-state index contributed by atoms with van der Waals surface area (Å²) in [5.41, 5.74) is -5.59. The van der Waals surface area contributed by atoms with Crippen LogP contribution in [0.5, 0.6) is 0 Å². The zero-order chi connectivity index (χ0) is 44.9. The number of carbonyl (C=O) groups is 8. The van der Waals surface area contributed by atoms with E-state index >= 15 is 0 Å². The zero-order valence-electron chi connectivity index (χ0n) is 37.2. The Labute approximate surface area is 347 Å². The van der Waals surface area contributed by atoms with Gasteiger partial charge >= 0.3 is 47.8 Å². The highest BCUT2D eigenvalue weighted by atomic mass is 16.6. The molecule has 59 heavy (non-hydrogen) atoms. The third kappa shape index (κ3) is 12.4. The summed E-state index contributed by atoms with van der Waals surface area (Å²) in [5, 5.41) is 0. The van der Waals surface area contributed by atoms with Gasteiger partial charge in [-0.25, -0.2) is 24.0 Å². The molecular formula is C43H66O16. The molecule has 0 aromatic rings. The van der Waals surface area contributed by atoms with Crippen LogP contribution in [0.25, 0.3) is 0 Å². The Morgan fingerprint density at radius 1 is 0.559 bits per heavy atom. The number of ether oxygens (including phenoxy) is 8. The highest BCUT2D eigenvalue weighted by Gasteiger charge is 2.58. The van der Waals surface area contributed by atoms with Crippen LogP contribution in [-0.4, -0.2) is 99.1 Å². The van der Waals surface area contributed by atoms with E-state index in [1.165, 1.54) is 0 Å². The summed E-state index contributed by atoms with van der Waals surface area (Å²) in [5.74, 6) is -7.62. The fourth-order valence-corrected chi connectivity index (χ4v) is 7.77. The van der Waals surface area contributed by atoms with Crippen molar-refractivity contribution < 1.29 is 76.3 Å². The largest absolute Gasteiger partial charge is 0.463 e. The average molecular weight is 839 g/mol. The van der Waals surface area contributed by atoms with Gasteiger partial charge < -0.3 is 37.9 Å². The molecule has 6 atom stereocenters. The number of esters is 8. The Morgan fingerprint density at radius 3 is 1.37 bits per heavy atom. The van der Waals surface area contributed by atoms with Gasteiger partial charge in [0.1, 0.15) is 0 Å². The van der Waals surface area contributed by atoms with E-state index in [-0.39, 0.29) is 57.3 Å². The fourth-order valence-electron chi connectivity index (χ4n) is 7.77. The topological polar surface area (TPSA) is 210 Å². The highest BCUT2D eigenvalue weighted by Crippen LogP contribution is 2.59. The number of rotatable bonds is 18. The smallest absolute Gasteiger partial charge is 0.347 e. The molecule has 0 aliphatic carbocycles. The van der Waals surface area contributed by atoms with Crippen LogP contribution in [-0.2, 0) is 76.3 Å². The normalized spacial score (nSPS) is 22.3. The van der Waals surface area contributed by atoms with Gasteiger partial charge in [0, 0.05) is 19.3 Å². The average Bonchev–Trinajstić information content (AvgIpc) is 3.83. The van der Waals surface area contributed by atoms with E-state index in [4.69, 9.17) is 37.9 Å². The minimum absolute atomic E-state index is 0.0249. The SMILES string of the molecule is CC(C)(C)CC(C(=O)OC1CCOC1=O)C(C)(C)C(C)(C)CC(C)(C(=O)OCC(=O)OC1CCOC1=O)C(C)(C)CC(C(=O)OCC(=O)OC1CCOC1=O)C(C)(C)C. The molecule has 0 saturated carbocycles. The van der Waals surface area contributed by atoms with Crippen LogP contribution in [0, 0.1) is 44.3 Å².